The van der Waals surface area contributed by atoms with Gasteiger partial charge in [-0.1, -0.05) is 23.8 Å². The largest absolute Gasteiger partial charge is 0.439 e. The van der Waals surface area contributed by atoms with Crippen molar-refractivity contribution in [1.82, 2.24) is 4.98 Å². The van der Waals surface area contributed by atoms with Gasteiger partial charge in [0.15, 0.2) is 0 Å². The van der Waals surface area contributed by atoms with Gasteiger partial charge in [0.25, 0.3) is 5.89 Å². The summed E-state index contributed by atoms with van der Waals surface area (Å²) in [5, 5.41) is 0. The number of carbonyl (C=O) groups excluding carboxylic acids is 1. The molecule has 0 spiro atoms. The van der Waals surface area contributed by atoms with Gasteiger partial charge in [-0.3, -0.25) is 4.79 Å². The van der Waals surface area contributed by atoms with Crippen molar-refractivity contribution in [2.24, 2.45) is 0 Å². The van der Waals surface area contributed by atoms with Gasteiger partial charge in [-0.15, -0.1) is 0 Å². The van der Waals surface area contributed by atoms with E-state index in [2.05, 4.69) is 4.98 Å². The quantitative estimate of drug-likeness (QED) is 0.701. The molecule has 0 fully saturated rings. The van der Waals surface area contributed by atoms with Crippen molar-refractivity contribution in [3.05, 3.63) is 41.5 Å². The fraction of sp³-hybridized carbons (Fsp3) is 0.167. The Morgan fingerprint density at radius 3 is 2.73 bits per heavy atom. The highest BCUT2D eigenvalue weighted by Crippen LogP contribution is 2.23. The minimum atomic E-state index is 0.129. The Labute approximate surface area is 87.8 Å². The van der Waals surface area contributed by atoms with Crippen LogP contribution in [0.2, 0.25) is 0 Å². The lowest BCUT2D eigenvalue weighted by Gasteiger charge is -1.98. The molecule has 3 nitrogen and oxygen atoms in total. The number of aldehydes is 1. The number of hydrogen-bond acceptors (Lipinski definition) is 3. The van der Waals surface area contributed by atoms with Gasteiger partial charge in [0, 0.05) is 5.56 Å². The number of rotatable bonds is 2. The van der Waals surface area contributed by atoms with Crippen LogP contribution >= 0.6 is 0 Å². The van der Waals surface area contributed by atoms with E-state index >= 15 is 0 Å². The molecule has 1 aromatic carbocycles. The summed E-state index contributed by atoms with van der Waals surface area (Å²) >= 11 is 0. The summed E-state index contributed by atoms with van der Waals surface area (Å²) in [4.78, 5) is 14.6. The molecule has 0 saturated carbocycles. The second kappa shape index (κ2) is 3.69. The van der Waals surface area contributed by atoms with E-state index in [4.69, 9.17) is 4.42 Å². The van der Waals surface area contributed by atoms with Gasteiger partial charge in [-0.05, 0) is 19.9 Å². The summed E-state index contributed by atoms with van der Waals surface area (Å²) in [6, 6.07) is 7.94. The predicted octanol–water partition coefficient (Wildman–Crippen LogP) is 2.77. The predicted molar refractivity (Wildman–Crippen MR) is 56.8 cm³/mol. The Bertz CT molecular complexity index is 500. The van der Waals surface area contributed by atoms with Crippen LogP contribution in [-0.2, 0) is 0 Å². The molecule has 0 aliphatic carbocycles. The first-order chi connectivity index (χ1) is 7.20. The Kier molecular flexibility index (Phi) is 2.37. The SMILES string of the molecule is Cc1cccc(-c2nc(C=O)oc2C)c1. The third-order valence-electron chi connectivity index (χ3n) is 2.21. The molecular weight excluding hydrogens is 190 g/mol. The number of aromatic nitrogens is 1. The number of benzene rings is 1. The van der Waals surface area contributed by atoms with Crippen LogP contribution in [0.25, 0.3) is 11.3 Å². The molecule has 3 heteroatoms. The maximum Gasteiger partial charge on any atom is 0.260 e. The Morgan fingerprint density at radius 1 is 1.33 bits per heavy atom. The van der Waals surface area contributed by atoms with Gasteiger partial charge >= 0.3 is 0 Å². The summed E-state index contributed by atoms with van der Waals surface area (Å²) in [6.07, 6.45) is 0.617. The zero-order valence-electron chi connectivity index (χ0n) is 8.65. The van der Waals surface area contributed by atoms with Crippen LogP contribution < -0.4 is 0 Å². The van der Waals surface area contributed by atoms with E-state index in [-0.39, 0.29) is 5.89 Å². The van der Waals surface area contributed by atoms with Crippen LogP contribution in [0.15, 0.2) is 28.7 Å². The lowest BCUT2D eigenvalue weighted by Crippen LogP contribution is -1.83. The van der Waals surface area contributed by atoms with Gasteiger partial charge < -0.3 is 4.42 Å². The second-order valence-electron chi connectivity index (χ2n) is 3.44. The smallest absolute Gasteiger partial charge is 0.260 e. The maximum atomic E-state index is 10.5. The third kappa shape index (κ3) is 1.81. The average molecular weight is 201 g/mol. The maximum absolute atomic E-state index is 10.5. The molecule has 0 unspecified atom stereocenters. The van der Waals surface area contributed by atoms with E-state index in [1.165, 1.54) is 0 Å². The Hall–Kier alpha value is -1.90. The molecule has 0 amide bonds. The zero-order valence-corrected chi connectivity index (χ0v) is 8.65. The van der Waals surface area contributed by atoms with Crippen molar-refractivity contribution in [2.45, 2.75) is 13.8 Å². The van der Waals surface area contributed by atoms with Gasteiger partial charge in [0.05, 0.1) is 0 Å². The molecule has 1 heterocycles. The molecule has 2 rings (SSSR count). The number of carbonyl (C=O) groups is 1. The number of aryl methyl sites for hydroxylation is 2. The standard InChI is InChI=1S/C12H11NO2/c1-8-4-3-5-10(6-8)12-9(2)15-11(7-14)13-12/h3-7H,1-2H3. The normalized spacial score (nSPS) is 10.3. The third-order valence-corrected chi connectivity index (χ3v) is 2.21. The van der Waals surface area contributed by atoms with E-state index in [0.717, 1.165) is 16.8 Å². The van der Waals surface area contributed by atoms with Crippen LogP contribution in [0.4, 0.5) is 0 Å². The highest BCUT2D eigenvalue weighted by atomic mass is 16.4. The molecule has 0 radical (unpaired) electrons. The summed E-state index contributed by atoms with van der Waals surface area (Å²) in [6.45, 7) is 3.82. The molecular formula is C12H11NO2. The number of hydrogen-bond donors (Lipinski definition) is 0. The van der Waals surface area contributed by atoms with E-state index in [1.807, 2.05) is 31.2 Å². The van der Waals surface area contributed by atoms with Crippen molar-refractivity contribution in [1.29, 1.82) is 0 Å². The lowest BCUT2D eigenvalue weighted by atomic mass is 10.1. The molecule has 15 heavy (non-hydrogen) atoms. The van der Waals surface area contributed by atoms with Crippen molar-refractivity contribution < 1.29 is 9.21 Å². The van der Waals surface area contributed by atoms with E-state index in [1.54, 1.807) is 6.92 Å². The van der Waals surface area contributed by atoms with Crippen LogP contribution in [0.5, 0.6) is 0 Å². The van der Waals surface area contributed by atoms with Crippen molar-refractivity contribution in [3.63, 3.8) is 0 Å². The summed E-state index contributed by atoms with van der Waals surface area (Å²) in [5.74, 6) is 0.798. The molecule has 0 bridgehead atoms. The first-order valence-electron chi connectivity index (χ1n) is 4.70. The van der Waals surface area contributed by atoms with E-state index < -0.39 is 0 Å². The molecule has 0 N–H and O–H groups in total. The highest BCUT2D eigenvalue weighted by molar-refractivity contribution is 5.71. The van der Waals surface area contributed by atoms with Crippen LogP contribution in [-0.4, -0.2) is 11.3 Å². The van der Waals surface area contributed by atoms with Gasteiger partial charge in [-0.2, -0.15) is 0 Å². The molecule has 2 aromatic rings. The molecule has 76 valence electrons. The summed E-state index contributed by atoms with van der Waals surface area (Å²) in [7, 11) is 0. The minimum absolute atomic E-state index is 0.129. The van der Waals surface area contributed by atoms with Gasteiger partial charge in [0.2, 0.25) is 6.29 Å². The van der Waals surface area contributed by atoms with Crippen LogP contribution in [0.1, 0.15) is 22.0 Å². The molecule has 0 atom stereocenters. The number of nitrogens with zero attached hydrogens (tertiary/aromatic N) is 1. The fourth-order valence-electron chi connectivity index (χ4n) is 1.53. The molecule has 1 aromatic heterocycles. The summed E-state index contributed by atoms with van der Waals surface area (Å²) < 4.78 is 5.18. The highest BCUT2D eigenvalue weighted by Gasteiger charge is 2.10. The summed E-state index contributed by atoms with van der Waals surface area (Å²) in [5.41, 5.74) is 2.87. The monoisotopic (exact) mass is 201 g/mol. The lowest BCUT2D eigenvalue weighted by molar-refractivity contribution is 0.109. The second-order valence-corrected chi connectivity index (χ2v) is 3.44. The zero-order chi connectivity index (χ0) is 10.8. The topological polar surface area (TPSA) is 43.1 Å². The van der Waals surface area contributed by atoms with Crippen molar-refractivity contribution >= 4 is 6.29 Å². The minimum Gasteiger partial charge on any atom is -0.439 e. The molecule has 0 saturated heterocycles. The first-order valence-corrected chi connectivity index (χ1v) is 4.70. The Morgan fingerprint density at radius 2 is 2.13 bits per heavy atom. The fourth-order valence-corrected chi connectivity index (χ4v) is 1.53. The molecule has 0 aliphatic heterocycles. The van der Waals surface area contributed by atoms with Crippen LogP contribution in [0.3, 0.4) is 0 Å². The Balaban J connectivity index is 2.53. The van der Waals surface area contributed by atoms with Crippen molar-refractivity contribution in [3.8, 4) is 11.3 Å². The van der Waals surface area contributed by atoms with E-state index in [9.17, 15) is 4.79 Å². The number of oxazole rings is 1. The van der Waals surface area contributed by atoms with Crippen LogP contribution in [0, 0.1) is 13.8 Å². The van der Waals surface area contributed by atoms with Gasteiger partial charge in [-0.25, -0.2) is 4.98 Å². The van der Waals surface area contributed by atoms with Gasteiger partial charge in [0.1, 0.15) is 11.5 Å². The first kappa shape index (κ1) is 9.65. The van der Waals surface area contributed by atoms with Crippen molar-refractivity contribution in [2.75, 3.05) is 0 Å². The average Bonchev–Trinajstić information content (AvgIpc) is 2.60. The molecule has 0 aliphatic rings. The van der Waals surface area contributed by atoms with E-state index in [0.29, 0.717) is 12.0 Å².